The third-order valence-corrected chi connectivity index (χ3v) is 3.93. The van der Waals surface area contributed by atoms with Gasteiger partial charge in [0.15, 0.2) is 5.66 Å². The van der Waals surface area contributed by atoms with E-state index in [-0.39, 0.29) is 5.91 Å². The van der Waals surface area contributed by atoms with Crippen molar-refractivity contribution < 1.29 is 4.79 Å². The Morgan fingerprint density at radius 2 is 2.00 bits per heavy atom. The first-order valence-corrected chi connectivity index (χ1v) is 7.70. The third-order valence-electron chi connectivity index (χ3n) is 3.93. The summed E-state index contributed by atoms with van der Waals surface area (Å²) in [6.45, 7) is 0.426. The topological polar surface area (TPSA) is 66.7 Å². The van der Waals surface area contributed by atoms with Gasteiger partial charge in [-0.05, 0) is 12.1 Å². The molecular weight excluding hydrogens is 288 g/mol. The van der Waals surface area contributed by atoms with Crippen molar-refractivity contribution in [1.29, 1.82) is 0 Å². The molecule has 23 heavy (non-hydrogen) atoms. The summed E-state index contributed by atoms with van der Waals surface area (Å²) in [5.74, 6) is 2.57. The summed E-state index contributed by atoms with van der Waals surface area (Å²) >= 11 is 0. The Morgan fingerprint density at radius 3 is 2.78 bits per heavy atom. The predicted molar refractivity (Wildman–Crippen MR) is 88.5 cm³/mol. The summed E-state index contributed by atoms with van der Waals surface area (Å²) in [6, 6.07) is 11.9. The zero-order valence-corrected chi connectivity index (χ0v) is 12.8. The highest BCUT2D eigenvalue weighted by atomic mass is 16.1. The van der Waals surface area contributed by atoms with Crippen LogP contribution >= 0.6 is 0 Å². The summed E-state index contributed by atoms with van der Waals surface area (Å²) in [6.07, 6.45) is 7.62. The van der Waals surface area contributed by atoms with Gasteiger partial charge in [-0.2, -0.15) is 10.2 Å². The molecule has 0 saturated heterocycles. The van der Waals surface area contributed by atoms with Crippen molar-refractivity contribution >= 4 is 16.8 Å². The van der Waals surface area contributed by atoms with E-state index >= 15 is 0 Å². The minimum atomic E-state index is -0.398. The average Bonchev–Trinajstić information content (AvgIpc) is 3.36. The van der Waals surface area contributed by atoms with Gasteiger partial charge in [-0.15, -0.1) is 12.3 Å². The van der Waals surface area contributed by atoms with Gasteiger partial charge in [0.25, 0.3) is 0 Å². The van der Waals surface area contributed by atoms with E-state index in [1.54, 1.807) is 0 Å². The number of aromatic nitrogens is 1. The summed E-state index contributed by atoms with van der Waals surface area (Å²) in [4.78, 5) is 16.5. The van der Waals surface area contributed by atoms with E-state index < -0.39 is 5.66 Å². The van der Waals surface area contributed by atoms with Gasteiger partial charge >= 0.3 is 0 Å². The van der Waals surface area contributed by atoms with Crippen LogP contribution in [0.1, 0.15) is 31.4 Å². The van der Waals surface area contributed by atoms with E-state index in [2.05, 4.69) is 26.4 Å². The number of nitrogens with one attached hydrogen (secondary N) is 1. The number of pyridine rings is 1. The molecule has 3 rings (SSSR count). The minimum Gasteiger partial charge on any atom is -0.350 e. The molecule has 116 valence electrons. The Bertz CT molecular complexity index is 785. The van der Waals surface area contributed by atoms with Gasteiger partial charge < -0.3 is 5.32 Å². The lowest BCUT2D eigenvalue weighted by Gasteiger charge is -2.09. The fraction of sp³-hybridized carbons (Fsp3) is 0.333. The molecule has 0 bridgehead atoms. The molecule has 0 aliphatic carbocycles. The molecular formula is C18H18N4O. The molecule has 0 fully saturated rings. The first-order chi connectivity index (χ1) is 11.2. The number of carbonyl (C=O) groups excluding carboxylic acids is 1. The molecule has 1 aliphatic rings. The molecule has 0 unspecified atom stereocenters. The van der Waals surface area contributed by atoms with Crippen LogP contribution in [0, 0.1) is 12.3 Å². The van der Waals surface area contributed by atoms with Crippen LogP contribution in [0.4, 0.5) is 0 Å². The van der Waals surface area contributed by atoms with Crippen LogP contribution < -0.4 is 5.32 Å². The van der Waals surface area contributed by atoms with Gasteiger partial charge in [0, 0.05) is 31.1 Å². The standard InChI is InChI=1S/C18H18N4O/c1-2-3-11-18(21-22-18)12-10-17(23)19-13-15-9-8-14-6-4-5-7-16(14)20-15/h1,4-9H,3,10-13H2,(H,19,23). The monoisotopic (exact) mass is 306 g/mol. The quantitative estimate of drug-likeness (QED) is 0.798. The lowest BCUT2D eigenvalue weighted by Crippen LogP contribution is -2.25. The van der Waals surface area contributed by atoms with Crippen molar-refractivity contribution in [2.75, 3.05) is 0 Å². The number of benzene rings is 1. The summed E-state index contributed by atoms with van der Waals surface area (Å²) in [5, 5.41) is 12.1. The van der Waals surface area contributed by atoms with Gasteiger partial charge in [-0.1, -0.05) is 24.3 Å². The molecule has 2 aromatic rings. The van der Waals surface area contributed by atoms with E-state index in [0.717, 1.165) is 23.0 Å². The van der Waals surface area contributed by atoms with Crippen LogP contribution in [-0.2, 0) is 11.3 Å². The Kier molecular flexibility index (Phi) is 4.33. The zero-order valence-electron chi connectivity index (χ0n) is 12.8. The van der Waals surface area contributed by atoms with Crippen molar-refractivity contribution in [2.24, 2.45) is 10.2 Å². The van der Waals surface area contributed by atoms with Gasteiger partial charge in [-0.25, -0.2) is 0 Å². The van der Waals surface area contributed by atoms with E-state index in [1.165, 1.54) is 0 Å². The molecule has 1 aliphatic heterocycles. The first-order valence-electron chi connectivity index (χ1n) is 7.70. The number of carbonyl (C=O) groups is 1. The Balaban J connectivity index is 1.47. The Hall–Kier alpha value is -2.74. The van der Waals surface area contributed by atoms with E-state index in [4.69, 9.17) is 6.42 Å². The Labute approximate surface area is 135 Å². The summed E-state index contributed by atoms with van der Waals surface area (Å²) in [5.41, 5.74) is 1.38. The average molecular weight is 306 g/mol. The van der Waals surface area contributed by atoms with Gasteiger partial charge in [0.1, 0.15) is 0 Å². The van der Waals surface area contributed by atoms with Crippen LogP contribution in [0.2, 0.25) is 0 Å². The highest BCUT2D eigenvalue weighted by molar-refractivity contribution is 5.79. The molecule has 2 heterocycles. The van der Waals surface area contributed by atoms with Gasteiger partial charge in [0.2, 0.25) is 5.91 Å². The van der Waals surface area contributed by atoms with Crippen molar-refractivity contribution in [1.82, 2.24) is 10.3 Å². The number of para-hydroxylation sites is 1. The molecule has 1 aromatic heterocycles. The SMILES string of the molecule is C#CCCC1(CCC(=O)NCc2ccc3ccccc3n2)N=N1. The molecule has 1 amide bonds. The lowest BCUT2D eigenvalue weighted by molar-refractivity contribution is -0.121. The highest BCUT2D eigenvalue weighted by Crippen LogP contribution is 2.37. The van der Waals surface area contributed by atoms with Crippen molar-refractivity contribution in [3.8, 4) is 12.3 Å². The maximum atomic E-state index is 12.0. The maximum absolute atomic E-state index is 12.0. The number of hydrogen-bond acceptors (Lipinski definition) is 4. The smallest absolute Gasteiger partial charge is 0.220 e. The van der Waals surface area contributed by atoms with Crippen molar-refractivity contribution in [3.63, 3.8) is 0 Å². The molecule has 5 nitrogen and oxygen atoms in total. The van der Waals surface area contributed by atoms with Crippen LogP contribution in [0.5, 0.6) is 0 Å². The number of nitrogens with zero attached hydrogens (tertiary/aromatic N) is 3. The van der Waals surface area contributed by atoms with Crippen LogP contribution in [0.3, 0.4) is 0 Å². The molecule has 0 atom stereocenters. The molecule has 1 aromatic carbocycles. The number of terminal acetylenes is 1. The molecule has 1 N–H and O–H groups in total. The van der Waals surface area contributed by atoms with Crippen LogP contribution in [0.15, 0.2) is 46.6 Å². The fourth-order valence-corrected chi connectivity index (χ4v) is 2.47. The Morgan fingerprint density at radius 1 is 1.17 bits per heavy atom. The number of rotatable bonds is 7. The van der Waals surface area contributed by atoms with E-state index in [0.29, 0.717) is 25.8 Å². The summed E-state index contributed by atoms with van der Waals surface area (Å²) in [7, 11) is 0. The minimum absolute atomic E-state index is 0.0164. The largest absolute Gasteiger partial charge is 0.350 e. The maximum Gasteiger partial charge on any atom is 0.220 e. The zero-order chi connectivity index (χ0) is 16.1. The first kappa shape index (κ1) is 15.2. The second kappa shape index (κ2) is 6.57. The summed E-state index contributed by atoms with van der Waals surface area (Å²) < 4.78 is 0. The number of hydrogen-bond donors (Lipinski definition) is 1. The van der Waals surface area contributed by atoms with Crippen molar-refractivity contribution in [3.05, 3.63) is 42.1 Å². The third kappa shape index (κ3) is 3.92. The second-order valence-electron chi connectivity index (χ2n) is 5.66. The lowest BCUT2D eigenvalue weighted by atomic mass is 10.0. The van der Waals surface area contributed by atoms with Gasteiger partial charge in [0.05, 0.1) is 17.8 Å². The van der Waals surface area contributed by atoms with Crippen LogP contribution in [-0.4, -0.2) is 16.6 Å². The fourth-order valence-electron chi connectivity index (χ4n) is 2.47. The molecule has 5 heteroatoms. The second-order valence-corrected chi connectivity index (χ2v) is 5.66. The number of amides is 1. The van der Waals surface area contributed by atoms with Gasteiger partial charge in [-0.3, -0.25) is 9.78 Å². The molecule has 0 saturated carbocycles. The molecule has 0 radical (unpaired) electrons. The predicted octanol–water partition coefficient (Wildman–Crippen LogP) is 3.21. The van der Waals surface area contributed by atoms with E-state index in [1.807, 2.05) is 36.4 Å². The molecule has 0 spiro atoms. The van der Waals surface area contributed by atoms with E-state index in [9.17, 15) is 4.79 Å². The van der Waals surface area contributed by atoms with Crippen LogP contribution in [0.25, 0.3) is 10.9 Å². The highest BCUT2D eigenvalue weighted by Gasteiger charge is 2.39. The number of fused-ring (bicyclic) bond motifs is 1. The van der Waals surface area contributed by atoms with Crippen molar-refractivity contribution in [2.45, 2.75) is 37.9 Å². The normalized spacial score (nSPS) is 14.4.